The zero-order valence-corrected chi connectivity index (χ0v) is 13.3. The van der Waals surface area contributed by atoms with E-state index in [4.69, 9.17) is 18.9 Å². The Morgan fingerprint density at radius 2 is 2.00 bits per heavy atom. The first-order valence-electron chi connectivity index (χ1n) is 7.27. The first kappa shape index (κ1) is 16.6. The highest BCUT2D eigenvalue weighted by molar-refractivity contribution is 5.98. The maximum Gasteiger partial charge on any atom is 0.220 e. The number of ether oxygens (including phenoxy) is 4. The van der Waals surface area contributed by atoms with Gasteiger partial charge in [-0.2, -0.15) is 0 Å². The van der Waals surface area contributed by atoms with Crippen LogP contribution < -0.4 is 4.74 Å². The number of benzene rings is 1. The molecule has 0 bridgehead atoms. The SMILES string of the molecule is COCCOCCOc1ccc(C2=NC(C)(C)CO2)c(O)c1. The fourth-order valence-corrected chi connectivity index (χ4v) is 1.97. The van der Waals surface area contributed by atoms with Crippen molar-refractivity contribution in [1.82, 2.24) is 0 Å². The molecule has 0 amide bonds. The van der Waals surface area contributed by atoms with Crippen molar-refractivity contribution in [2.24, 2.45) is 4.99 Å². The monoisotopic (exact) mass is 309 g/mol. The summed E-state index contributed by atoms with van der Waals surface area (Å²) in [6.07, 6.45) is 0. The van der Waals surface area contributed by atoms with Gasteiger partial charge in [-0.3, -0.25) is 0 Å². The summed E-state index contributed by atoms with van der Waals surface area (Å²) in [5.74, 6) is 1.14. The van der Waals surface area contributed by atoms with Crippen molar-refractivity contribution in [3.8, 4) is 11.5 Å². The van der Waals surface area contributed by atoms with E-state index in [0.29, 0.717) is 50.2 Å². The minimum Gasteiger partial charge on any atom is -0.507 e. The maximum atomic E-state index is 10.1. The molecule has 1 aliphatic rings. The second kappa shape index (κ2) is 7.47. The van der Waals surface area contributed by atoms with E-state index in [0.717, 1.165) is 0 Å². The summed E-state index contributed by atoms with van der Waals surface area (Å²) in [7, 11) is 1.63. The van der Waals surface area contributed by atoms with Crippen molar-refractivity contribution in [3.63, 3.8) is 0 Å². The molecule has 0 saturated heterocycles. The summed E-state index contributed by atoms with van der Waals surface area (Å²) in [5.41, 5.74) is 0.325. The van der Waals surface area contributed by atoms with Crippen LogP contribution in [0, 0.1) is 0 Å². The Balaban J connectivity index is 1.88. The number of methoxy groups -OCH3 is 1. The van der Waals surface area contributed by atoms with Crippen LogP contribution in [0.15, 0.2) is 23.2 Å². The number of aliphatic imine (C=N–C) groups is 1. The number of hydrogen-bond donors (Lipinski definition) is 1. The Labute approximate surface area is 130 Å². The van der Waals surface area contributed by atoms with E-state index in [2.05, 4.69) is 4.99 Å². The summed E-state index contributed by atoms with van der Waals surface area (Å²) in [6, 6.07) is 5.08. The van der Waals surface area contributed by atoms with Gasteiger partial charge < -0.3 is 24.1 Å². The predicted octanol–water partition coefficient (Wildman–Crippen LogP) is 1.99. The van der Waals surface area contributed by atoms with Crippen LogP contribution in [0.3, 0.4) is 0 Å². The van der Waals surface area contributed by atoms with Crippen LogP contribution in [0.5, 0.6) is 11.5 Å². The summed E-state index contributed by atoms with van der Waals surface area (Å²) in [6.45, 7) is 6.46. The van der Waals surface area contributed by atoms with Gasteiger partial charge in [0.05, 0.1) is 30.9 Å². The number of phenolic OH excluding ortho intramolecular Hbond substituents is 1. The van der Waals surface area contributed by atoms with Crippen LogP contribution in [-0.4, -0.2) is 56.7 Å². The van der Waals surface area contributed by atoms with Crippen LogP contribution in [-0.2, 0) is 14.2 Å². The van der Waals surface area contributed by atoms with Gasteiger partial charge in [-0.15, -0.1) is 0 Å². The van der Waals surface area contributed by atoms with Crippen molar-refractivity contribution in [1.29, 1.82) is 0 Å². The van der Waals surface area contributed by atoms with E-state index in [1.165, 1.54) is 0 Å². The minimum atomic E-state index is -0.253. The largest absolute Gasteiger partial charge is 0.507 e. The minimum absolute atomic E-state index is 0.0919. The molecule has 2 rings (SSSR count). The van der Waals surface area contributed by atoms with E-state index < -0.39 is 0 Å². The molecule has 0 aromatic heterocycles. The van der Waals surface area contributed by atoms with Gasteiger partial charge in [0.2, 0.25) is 5.90 Å². The third-order valence-corrected chi connectivity index (χ3v) is 3.09. The molecule has 1 aromatic carbocycles. The first-order chi connectivity index (χ1) is 10.5. The fourth-order valence-electron chi connectivity index (χ4n) is 1.97. The summed E-state index contributed by atoms with van der Waals surface area (Å²) in [4.78, 5) is 4.45. The van der Waals surface area contributed by atoms with Gasteiger partial charge in [0.25, 0.3) is 0 Å². The molecule has 0 unspecified atom stereocenters. The summed E-state index contributed by atoms with van der Waals surface area (Å²) >= 11 is 0. The topological polar surface area (TPSA) is 69.5 Å². The van der Waals surface area contributed by atoms with Crippen LogP contribution in [0.1, 0.15) is 19.4 Å². The second-order valence-corrected chi connectivity index (χ2v) is 5.65. The van der Waals surface area contributed by atoms with Gasteiger partial charge in [-0.1, -0.05) is 0 Å². The lowest BCUT2D eigenvalue weighted by molar-refractivity contribution is 0.0544. The second-order valence-electron chi connectivity index (χ2n) is 5.65. The van der Waals surface area contributed by atoms with E-state index in [1.807, 2.05) is 13.8 Å². The van der Waals surface area contributed by atoms with Crippen LogP contribution in [0.4, 0.5) is 0 Å². The standard InChI is InChI=1S/C16H23NO5/c1-16(2)11-22-15(17-16)13-5-4-12(10-14(13)18)21-9-8-20-7-6-19-3/h4-5,10,18H,6-9,11H2,1-3H3. The van der Waals surface area contributed by atoms with Gasteiger partial charge in [0.15, 0.2) is 0 Å². The van der Waals surface area contributed by atoms with Gasteiger partial charge in [0, 0.05) is 13.2 Å². The normalized spacial score (nSPS) is 16.2. The number of rotatable bonds is 8. The van der Waals surface area contributed by atoms with Crippen molar-refractivity contribution in [2.75, 3.05) is 40.1 Å². The molecular formula is C16H23NO5. The van der Waals surface area contributed by atoms with E-state index in [1.54, 1.807) is 25.3 Å². The molecular weight excluding hydrogens is 286 g/mol. The Hall–Kier alpha value is -1.79. The molecule has 122 valence electrons. The third-order valence-electron chi connectivity index (χ3n) is 3.09. The number of nitrogens with zero attached hydrogens (tertiary/aromatic N) is 1. The lowest BCUT2D eigenvalue weighted by atomic mass is 10.1. The zero-order valence-electron chi connectivity index (χ0n) is 13.3. The molecule has 6 heteroatoms. The molecule has 1 heterocycles. The smallest absolute Gasteiger partial charge is 0.220 e. The Bertz CT molecular complexity index is 527. The van der Waals surface area contributed by atoms with Gasteiger partial charge in [0.1, 0.15) is 24.7 Å². The fraction of sp³-hybridized carbons (Fsp3) is 0.562. The summed E-state index contributed by atoms with van der Waals surface area (Å²) in [5, 5.41) is 10.1. The van der Waals surface area contributed by atoms with E-state index >= 15 is 0 Å². The maximum absolute atomic E-state index is 10.1. The highest BCUT2D eigenvalue weighted by Gasteiger charge is 2.28. The summed E-state index contributed by atoms with van der Waals surface area (Å²) < 4.78 is 21.2. The number of hydrogen-bond acceptors (Lipinski definition) is 6. The third kappa shape index (κ3) is 4.61. The molecule has 1 N–H and O–H groups in total. The predicted molar refractivity (Wildman–Crippen MR) is 82.9 cm³/mol. The van der Waals surface area contributed by atoms with Crippen LogP contribution in [0.25, 0.3) is 0 Å². The molecule has 1 aromatic rings. The highest BCUT2D eigenvalue weighted by Crippen LogP contribution is 2.28. The van der Waals surface area contributed by atoms with Crippen molar-refractivity contribution < 1.29 is 24.1 Å². The number of phenols is 1. The Kier molecular flexibility index (Phi) is 5.63. The first-order valence-corrected chi connectivity index (χ1v) is 7.27. The average molecular weight is 309 g/mol. The van der Waals surface area contributed by atoms with Gasteiger partial charge in [-0.05, 0) is 26.0 Å². The van der Waals surface area contributed by atoms with Gasteiger partial charge >= 0.3 is 0 Å². The van der Waals surface area contributed by atoms with Crippen LogP contribution in [0.2, 0.25) is 0 Å². The molecule has 0 atom stereocenters. The molecule has 0 fully saturated rings. The molecule has 0 radical (unpaired) electrons. The molecule has 0 aliphatic carbocycles. The lowest BCUT2D eigenvalue weighted by Crippen LogP contribution is -2.17. The molecule has 22 heavy (non-hydrogen) atoms. The molecule has 0 saturated carbocycles. The molecule has 6 nitrogen and oxygen atoms in total. The number of aromatic hydroxyl groups is 1. The van der Waals surface area contributed by atoms with E-state index in [9.17, 15) is 5.11 Å². The molecule has 1 aliphatic heterocycles. The quantitative estimate of drug-likeness (QED) is 0.744. The van der Waals surface area contributed by atoms with Crippen molar-refractivity contribution in [3.05, 3.63) is 23.8 Å². The van der Waals surface area contributed by atoms with Crippen LogP contribution >= 0.6 is 0 Å². The van der Waals surface area contributed by atoms with E-state index in [-0.39, 0.29) is 11.3 Å². The van der Waals surface area contributed by atoms with Crippen molar-refractivity contribution in [2.45, 2.75) is 19.4 Å². The highest BCUT2D eigenvalue weighted by atomic mass is 16.5. The lowest BCUT2D eigenvalue weighted by Gasteiger charge is -2.09. The average Bonchev–Trinajstić information content (AvgIpc) is 2.83. The molecule has 0 spiro atoms. The Morgan fingerprint density at radius 3 is 2.64 bits per heavy atom. The zero-order chi connectivity index (χ0) is 16.0. The Morgan fingerprint density at radius 1 is 1.23 bits per heavy atom. The van der Waals surface area contributed by atoms with Gasteiger partial charge in [-0.25, -0.2) is 4.99 Å². The van der Waals surface area contributed by atoms with Crippen molar-refractivity contribution >= 4 is 5.90 Å².